The SMILES string of the molecule is Nc1ccc(OCC(F)(F)F)c(Cl)c1.O=[N+]([O-])c1ccc(F)c(Cl)c1.O=[N+]([O-])c1ccc(OCC(F)(F)F)c(Cl)c1.OCC(F)(F)F.[Fe]. The number of aliphatic hydroxyl groups is 1. The van der Waals surface area contributed by atoms with Crippen molar-refractivity contribution in [3.63, 3.8) is 0 Å². The van der Waals surface area contributed by atoms with Crippen LogP contribution in [0.3, 0.4) is 0 Å². The molecule has 0 atom stereocenters. The Labute approximate surface area is 288 Å². The Hall–Kier alpha value is -3.49. The number of rotatable bonds is 6. The molecule has 0 saturated carbocycles. The zero-order valence-electron chi connectivity index (χ0n) is 23.0. The zero-order chi connectivity index (χ0) is 36.8. The van der Waals surface area contributed by atoms with Crippen LogP contribution < -0.4 is 15.2 Å². The third-order valence-corrected chi connectivity index (χ3v) is 5.04. The van der Waals surface area contributed by atoms with E-state index < -0.39 is 54.0 Å². The maximum absolute atomic E-state index is 12.4. The van der Waals surface area contributed by atoms with E-state index in [1.807, 2.05) is 0 Å². The molecule has 0 radical (unpaired) electrons. The van der Waals surface area contributed by atoms with E-state index in [0.717, 1.165) is 36.4 Å². The average molecular weight is 813 g/mol. The smallest absolute Gasteiger partial charge is 0.422 e. The minimum absolute atomic E-state index is 0. The van der Waals surface area contributed by atoms with Gasteiger partial charge in [-0.2, -0.15) is 39.5 Å². The van der Waals surface area contributed by atoms with E-state index in [4.69, 9.17) is 45.6 Å². The summed E-state index contributed by atoms with van der Waals surface area (Å²) in [5, 5.41) is 27.3. The van der Waals surface area contributed by atoms with Gasteiger partial charge >= 0.3 is 18.5 Å². The van der Waals surface area contributed by atoms with Crippen molar-refractivity contribution in [3.8, 4) is 11.5 Å². The van der Waals surface area contributed by atoms with Gasteiger partial charge in [0.05, 0.1) is 24.9 Å². The van der Waals surface area contributed by atoms with Crippen molar-refractivity contribution in [2.45, 2.75) is 18.5 Å². The molecule has 0 saturated heterocycles. The predicted octanol–water partition coefficient (Wildman–Crippen LogP) is 8.98. The van der Waals surface area contributed by atoms with E-state index in [1.165, 1.54) is 18.2 Å². The normalized spacial score (nSPS) is 10.8. The molecule has 0 spiro atoms. The van der Waals surface area contributed by atoms with Crippen LogP contribution in [0.15, 0.2) is 54.6 Å². The predicted molar refractivity (Wildman–Crippen MR) is 148 cm³/mol. The fourth-order valence-corrected chi connectivity index (χ4v) is 2.92. The van der Waals surface area contributed by atoms with Gasteiger partial charge in [0.1, 0.15) is 23.9 Å². The first-order chi connectivity index (χ1) is 21.3. The first-order valence-electron chi connectivity index (χ1n) is 11.5. The van der Waals surface area contributed by atoms with Crippen LogP contribution in [0.2, 0.25) is 15.1 Å². The Morgan fingerprint density at radius 2 is 1.02 bits per heavy atom. The maximum Gasteiger partial charge on any atom is 0.422 e. The van der Waals surface area contributed by atoms with E-state index in [-0.39, 0.29) is 55.0 Å². The summed E-state index contributed by atoms with van der Waals surface area (Å²) in [6.45, 7) is -4.59. The van der Waals surface area contributed by atoms with Gasteiger partial charge in [-0.25, -0.2) is 4.39 Å². The van der Waals surface area contributed by atoms with E-state index in [2.05, 4.69) is 9.47 Å². The van der Waals surface area contributed by atoms with Crippen molar-refractivity contribution in [2.24, 2.45) is 0 Å². The van der Waals surface area contributed by atoms with Crippen molar-refractivity contribution in [3.05, 3.63) is 95.7 Å². The number of ether oxygens (including phenoxy) is 2. The number of non-ortho nitro benzene ring substituents is 2. The quantitative estimate of drug-likeness (QED) is 0.0824. The molecular formula is C24H18Cl3F10FeN3O7. The van der Waals surface area contributed by atoms with Crippen molar-refractivity contribution in [1.82, 2.24) is 0 Å². The van der Waals surface area contributed by atoms with Crippen LogP contribution in [0.5, 0.6) is 11.5 Å². The van der Waals surface area contributed by atoms with E-state index in [0.29, 0.717) is 5.69 Å². The van der Waals surface area contributed by atoms with Crippen LogP contribution in [-0.4, -0.2) is 53.3 Å². The van der Waals surface area contributed by atoms with Gasteiger partial charge in [0.25, 0.3) is 11.4 Å². The number of nitro groups is 2. The number of halogens is 13. The van der Waals surface area contributed by atoms with Crippen molar-refractivity contribution in [1.29, 1.82) is 0 Å². The molecule has 0 amide bonds. The van der Waals surface area contributed by atoms with Crippen LogP contribution >= 0.6 is 34.8 Å². The van der Waals surface area contributed by atoms with Gasteiger partial charge in [-0.15, -0.1) is 0 Å². The number of alkyl halides is 9. The van der Waals surface area contributed by atoms with Crippen LogP contribution in [0.4, 0.5) is 61.0 Å². The molecule has 0 aliphatic rings. The Morgan fingerprint density at radius 1 is 0.667 bits per heavy atom. The molecule has 10 nitrogen and oxygen atoms in total. The number of nitrogens with two attached hydrogens (primary N) is 1. The third kappa shape index (κ3) is 21.4. The molecule has 0 aliphatic carbocycles. The molecule has 3 rings (SSSR count). The minimum Gasteiger partial charge on any atom is -0.483 e. The molecule has 0 aromatic heterocycles. The zero-order valence-corrected chi connectivity index (χ0v) is 26.3. The van der Waals surface area contributed by atoms with Gasteiger partial charge in [-0.1, -0.05) is 34.8 Å². The standard InChI is InChI=1S/C8H5ClF3NO3.C8H7ClF3NO.C6H3ClFNO2.C2H3F3O.Fe/c9-6-3-5(13(14)15)1-2-7(6)16-4-8(10,11)12;9-6-3-5(13)1-2-7(6)14-4-8(10,11)12;7-5-3-4(9(10)11)1-2-6(5)8;3-2(4,5)1-6;/h1-3H,4H2;1-3H,4,13H2;1-3H;6H,1H2;. The van der Waals surface area contributed by atoms with Gasteiger partial charge in [0.2, 0.25) is 0 Å². The Bertz CT molecular complexity index is 1490. The summed E-state index contributed by atoms with van der Waals surface area (Å²) in [7, 11) is 0. The molecule has 24 heteroatoms. The van der Waals surface area contributed by atoms with Gasteiger partial charge in [-0.05, 0) is 30.3 Å². The van der Waals surface area contributed by atoms with Crippen LogP contribution in [0.25, 0.3) is 0 Å². The maximum atomic E-state index is 12.4. The molecular weight excluding hydrogens is 794 g/mol. The number of benzene rings is 3. The van der Waals surface area contributed by atoms with Gasteiger partial charge in [-0.3, -0.25) is 20.2 Å². The summed E-state index contributed by atoms with van der Waals surface area (Å²) in [5.74, 6) is -0.931. The molecule has 0 aliphatic heterocycles. The molecule has 270 valence electrons. The Balaban J connectivity index is 0. The Kier molecular flexibility index (Phi) is 20.2. The molecule has 0 fully saturated rings. The van der Waals surface area contributed by atoms with Crippen molar-refractivity contribution >= 4 is 51.9 Å². The second-order valence-electron chi connectivity index (χ2n) is 8.00. The number of nitrogen functional groups attached to an aromatic ring is 1. The summed E-state index contributed by atoms with van der Waals surface area (Å²) in [4.78, 5) is 19.1. The molecule has 3 N–H and O–H groups in total. The second kappa shape index (κ2) is 20.8. The minimum atomic E-state index is -4.48. The summed E-state index contributed by atoms with van der Waals surface area (Å²) in [6.07, 6.45) is -13.3. The topological polar surface area (TPSA) is 151 Å². The molecule has 0 bridgehead atoms. The number of hydrogen-bond donors (Lipinski definition) is 2. The summed E-state index contributed by atoms with van der Waals surface area (Å²) >= 11 is 16.4. The summed E-state index contributed by atoms with van der Waals surface area (Å²) < 4.78 is 124. The van der Waals surface area contributed by atoms with Gasteiger partial charge in [0, 0.05) is 47.0 Å². The van der Waals surface area contributed by atoms with Gasteiger partial charge < -0.3 is 20.3 Å². The second-order valence-corrected chi connectivity index (χ2v) is 9.22. The first-order valence-corrected chi connectivity index (χ1v) is 12.6. The summed E-state index contributed by atoms with van der Waals surface area (Å²) in [5.41, 5.74) is 5.19. The molecule has 3 aromatic rings. The first kappa shape index (κ1) is 46.6. The van der Waals surface area contributed by atoms with Crippen LogP contribution in [0, 0.1) is 26.0 Å². The van der Waals surface area contributed by atoms with E-state index >= 15 is 0 Å². The van der Waals surface area contributed by atoms with E-state index in [1.54, 1.807) is 0 Å². The average Bonchev–Trinajstić information content (AvgIpc) is 2.93. The molecule has 3 aromatic carbocycles. The van der Waals surface area contributed by atoms with Crippen LogP contribution in [0.1, 0.15) is 0 Å². The van der Waals surface area contributed by atoms with E-state index in [9.17, 15) is 64.1 Å². The summed E-state index contributed by atoms with van der Waals surface area (Å²) in [6, 6.07) is 9.98. The van der Waals surface area contributed by atoms with Gasteiger partial charge in [0.15, 0.2) is 13.2 Å². The number of nitro benzene ring substituents is 2. The monoisotopic (exact) mass is 811 g/mol. The van der Waals surface area contributed by atoms with Crippen molar-refractivity contribution in [2.75, 3.05) is 25.6 Å². The number of nitrogens with zero attached hydrogens (tertiary/aromatic N) is 2. The Morgan fingerprint density at radius 3 is 1.33 bits per heavy atom. The van der Waals surface area contributed by atoms with Crippen LogP contribution in [-0.2, 0) is 17.1 Å². The van der Waals surface area contributed by atoms with Crippen molar-refractivity contribution < 1.29 is 85.4 Å². The third-order valence-electron chi connectivity index (χ3n) is 4.16. The molecule has 0 heterocycles. The number of anilines is 1. The fourth-order valence-electron chi connectivity index (χ4n) is 2.27. The fraction of sp³-hybridized carbons (Fsp3) is 0.250. The largest absolute Gasteiger partial charge is 0.483 e. The number of aliphatic hydroxyl groups excluding tert-OH is 1. The molecule has 48 heavy (non-hydrogen) atoms. The number of hydrogen-bond acceptors (Lipinski definition) is 8. The molecule has 0 unspecified atom stereocenters.